The van der Waals surface area contributed by atoms with Crippen LogP contribution in [0, 0.1) is 10.1 Å². The maximum atomic E-state index is 12.8. The van der Waals surface area contributed by atoms with Crippen LogP contribution in [0.3, 0.4) is 0 Å². The molecule has 2 aromatic heterocycles. The summed E-state index contributed by atoms with van der Waals surface area (Å²) in [7, 11) is 1.64. The SMILES string of the molecule is CCc1nn(C)c(N2CCCC(n3ccc(C(F)(F)F)n3)C2)c1[N+](=O)[O-]. The van der Waals surface area contributed by atoms with Crippen LogP contribution in [0.2, 0.25) is 0 Å². The summed E-state index contributed by atoms with van der Waals surface area (Å²) in [4.78, 5) is 12.9. The molecule has 2 aromatic rings. The molecule has 1 atom stereocenters. The highest BCUT2D eigenvalue weighted by atomic mass is 19.4. The molecule has 3 heterocycles. The van der Waals surface area contributed by atoms with Crippen LogP contribution in [0.15, 0.2) is 12.3 Å². The minimum atomic E-state index is -4.49. The lowest BCUT2D eigenvalue weighted by molar-refractivity contribution is -0.384. The fourth-order valence-electron chi connectivity index (χ4n) is 3.39. The number of hydrogen-bond donors (Lipinski definition) is 0. The minimum absolute atomic E-state index is 0.0351. The first kappa shape index (κ1) is 18.2. The summed E-state index contributed by atoms with van der Waals surface area (Å²) in [5.41, 5.74) is -0.574. The van der Waals surface area contributed by atoms with E-state index in [4.69, 9.17) is 0 Å². The molecule has 1 aliphatic rings. The van der Waals surface area contributed by atoms with Gasteiger partial charge in [-0.05, 0) is 25.3 Å². The van der Waals surface area contributed by atoms with Crippen molar-refractivity contribution in [3.05, 3.63) is 33.8 Å². The third-order valence-corrected chi connectivity index (χ3v) is 4.55. The van der Waals surface area contributed by atoms with E-state index in [1.165, 1.54) is 15.6 Å². The number of aromatic nitrogens is 4. The van der Waals surface area contributed by atoms with E-state index in [0.29, 0.717) is 43.9 Å². The van der Waals surface area contributed by atoms with Gasteiger partial charge in [0.05, 0.1) is 11.0 Å². The predicted octanol–water partition coefficient (Wildman–Crippen LogP) is 2.95. The number of hydrogen-bond acceptors (Lipinski definition) is 5. The van der Waals surface area contributed by atoms with Gasteiger partial charge in [-0.15, -0.1) is 0 Å². The summed E-state index contributed by atoms with van der Waals surface area (Å²) in [6, 6.07) is 0.653. The van der Waals surface area contributed by atoms with E-state index < -0.39 is 16.8 Å². The van der Waals surface area contributed by atoms with Gasteiger partial charge in [0.25, 0.3) is 0 Å². The van der Waals surface area contributed by atoms with Gasteiger partial charge in [-0.1, -0.05) is 6.92 Å². The van der Waals surface area contributed by atoms with Gasteiger partial charge in [-0.25, -0.2) is 4.68 Å². The number of halogens is 3. The molecule has 8 nitrogen and oxygen atoms in total. The molecule has 0 N–H and O–H groups in total. The molecule has 0 aliphatic carbocycles. The molecule has 1 aliphatic heterocycles. The number of piperidine rings is 1. The molecule has 11 heteroatoms. The van der Waals surface area contributed by atoms with Crippen molar-refractivity contribution in [2.75, 3.05) is 18.0 Å². The summed E-state index contributed by atoms with van der Waals surface area (Å²) in [6.07, 6.45) is -1.41. The first-order valence-electron chi connectivity index (χ1n) is 8.30. The fraction of sp³-hybridized carbons (Fsp3) is 0.600. The van der Waals surface area contributed by atoms with Crippen molar-refractivity contribution < 1.29 is 18.1 Å². The molecule has 1 saturated heterocycles. The summed E-state index contributed by atoms with van der Waals surface area (Å²) in [5.74, 6) is 0.389. The average molecular weight is 372 g/mol. The second kappa shape index (κ2) is 6.61. The zero-order chi connectivity index (χ0) is 19.1. The average Bonchev–Trinajstić information content (AvgIpc) is 3.19. The molecule has 3 rings (SSSR count). The Hall–Kier alpha value is -2.59. The summed E-state index contributed by atoms with van der Waals surface area (Å²) in [5, 5.41) is 19.4. The van der Waals surface area contributed by atoms with Crippen LogP contribution < -0.4 is 4.90 Å². The van der Waals surface area contributed by atoms with Gasteiger partial charge in [0.15, 0.2) is 5.69 Å². The van der Waals surface area contributed by atoms with Crippen molar-refractivity contribution in [1.82, 2.24) is 19.6 Å². The topological polar surface area (TPSA) is 82.0 Å². The van der Waals surface area contributed by atoms with Crippen LogP contribution in [0.4, 0.5) is 24.7 Å². The van der Waals surface area contributed by atoms with Crippen molar-refractivity contribution in [3.8, 4) is 0 Å². The molecule has 1 fully saturated rings. The van der Waals surface area contributed by atoms with Gasteiger partial charge in [-0.2, -0.15) is 23.4 Å². The largest absolute Gasteiger partial charge is 0.435 e. The van der Waals surface area contributed by atoms with Gasteiger partial charge < -0.3 is 4.90 Å². The number of aryl methyl sites for hydroxylation is 2. The second-order valence-electron chi connectivity index (χ2n) is 6.27. The third kappa shape index (κ3) is 3.25. The van der Waals surface area contributed by atoms with Crippen LogP contribution in [0.5, 0.6) is 0 Å². The number of anilines is 1. The second-order valence-corrected chi connectivity index (χ2v) is 6.27. The molecule has 0 amide bonds. The molecule has 0 aromatic carbocycles. The Bertz CT molecular complexity index is 813. The Morgan fingerprint density at radius 1 is 1.38 bits per heavy atom. The van der Waals surface area contributed by atoms with Crippen molar-refractivity contribution in [1.29, 1.82) is 0 Å². The first-order chi connectivity index (χ1) is 12.2. The number of alkyl halides is 3. The number of nitro groups is 1. The normalized spacial score (nSPS) is 18.3. The van der Waals surface area contributed by atoms with Gasteiger partial charge in [0.2, 0.25) is 5.82 Å². The van der Waals surface area contributed by atoms with E-state index in [0.717, 1.165) is 6.07 Å². The van der Waals surface area contributed by atoms with Crippen molar-refractivity contribution in [2.45, 2.75) is 38.4 Å². The lowest BCUT2D eigenvalue weighted by atomic mass is 10.1. The van der Waals surface area contributed by atoms with Crippen LogP contribution in [-0.4, -0.2) is 37.6 Å². The minimum Gasteiger partial charge on any atom is -0.349 e. The van der Waals surface area contributed by atoms with E-state index in [1.807, 2.05) is 4.90 Å². The predicted molar refractivity (Wildman–Crippen MR) is 87.0 cm³/mol. The highest BCUT2D eigenvalue weighted by Crippen LogP contribution is 2.35. The maximum absolute atomic E-state index is 12.8. The molecular weight excluding hydrogens is 353 g/mol. The highest BCUT2D eigenvalue weighted by molar-refractivity contribution is 5.62. The maximum Gasteiger partial charge on any atom is 0.435 e. The summed E-state index contributed by atoms with van der Waals surface area (Å²) >= 11 is 0. The van der Waals surface area contributed by atoms with Crippen LogP contribution in [-0.2, 0) is 19.6 Å². The molecule has 0 saturated carbocycles. The molecule has 142 valence electrons. The smallest absolute Gasteiger partial charge is 0.349 e. The first-order valence-corrected chi connectivity index (χ1v) is 8.30. The van der Waals surface area contributed by atoms with E-state index in [1.54, 1.807) is 14.0 Å². The molecule has 26 heavy (non-hydrogen) atoms. The molecule has 0 radical (unpaired) electrons. The van der Waals surface area contributed by atoms with E-state index in [9.17, 15) is 23.3 Å². The Kier molecular flexibility index (Phi) is 4.63. The fourth-order valence-corrected chi connectivity index (χ4v) is 3.39. The molecular formula is C15H19F3N6O2. The van der Waals surface area contributed by atoms with E-state index >= 15 is 0 Å². The van der Waals surface area contributed by atoms with Gasteiger partial charge in [-0.3, -0.25) is 14.8 Å². The van der Waals surface area contributed by atoms with Crippen molar-refractivity contribution >= 4 is 11.5 Å². The van der Waals surface area contributed by atoms with Crippen LogP contribution in [0.1, 0.15) is 37.2 Å². The summed E-state index contributed by atoms with van der Waals surface area (Å²) < 4.78 is 41.1. The van der Waals surface area contributed by atoms with E-state index in [-0.39, 0.29) is 11.7 Å². The molecule has 1 unspecified atom stereocenters. The van der Waals surface area contributed by atoms with Crippen molar-refractivity contribution in [3.63, 3.8) is 0 Å². The van der Waals surface area contributed by atoms with Gasteiger partial charge in [0.1, 0.15) is 5.69 Å². The molecule has 0 spiro atoms. The number of rotatable bonds is 4. The Balaban J connectivity index is 1.89. The van der Waals surface area contributed by atoms with Gasteiger partial charge >= 0.3 is 11.9 Å². The zero-order valence-electron chi connectivity index (χ0n) is 14.4. The van der Waals surface area contributed by atoms with Crippen LogP contribution in [0.25, 0.3) is 0 Å². The lowest BCUT2D eigenvalue weighted by Crippen LogP contribution is -2.38. The zero-order valence-corrected chi connectivity index (χ0v) is 14.4. The van der Waals surface area contributed by atoms with Crippen molar-refractivity contribution in [2.24, 2.45) is 7.05 Å². The highest BCUT2D eigenvalue weighted by Gasteiger charge is 2.36. The Morgan fingerprint density at radius 3 is 2.69 bits per heavy atom. The summed E-state index contributed by atoms with van der Waals surface area (Å²) in [6.45, 7) is 2.70. The standard InChI is InChI=1S/C15H19F3N6O2/c1-3-11-13(24(25)26)14(21(2)19-11)22-7-4-5-10(9-22)23-8-6-12(20-23)15(16,17)18/h6,8,10H,3-5,7,9H2,1-2H3. The number of nitrogens with zero attached hydrogens (tertiary/aromatic N) is 6. The van der Waals surface area contributed by atoms with Crippen LogP contribution >= 0.6 is 0 Å². The monoisotopic (exact) mass is 372 g/mol. The van der Waals surface area contributed by atoms with E-state index in [2.05, 4.69) is 10.2 Å². The molecule has 0 bridgehead atoms. The Morgan fingerprint density at radius 2 is 2.12 bits per heavy atom. The third-order valence-electron chi connectivity index (χ3n) is 4.55. The lowest BCUT2D eigenvalue weighted by Gasteiger charge is -2.33. The Labute approximate surface area is 147 Å². The quantitative estimate of drug-likeness (QED) is 0.609. The van der Waals surface area contributed by atoms with Gasteiger partial charge in [0, 0.05) is 26.3 Å².